The molecular weight excluding hydrogens is 392 g/mol. The lowest BCUT2D eigenvalue weighted by Gasteiger charge is -2.05. The number of benzene rings is 2. The summed E-state index contributed by atoms with van der Waals surface area (Å²) in [7, 11) is 1.61. The van der Waals surface area contributed by atoms with Crippen LogP contribution in [0.5, 0.6) is 5.75 Å². The van der Waals surface area contributed by atoms with Gasteiger partial charge in [-0.1, -0.05) is 35.0 Å². The number of hydrogen-bond donors (Lipinski definition) is 1. The lowest BCUT2D eigenvalue weighted by atomic mass is 10.1. The fourth-order valence-electron chi connectivity index (χ4n) is 2.70. The number of carbonyl (C=O) groups excluding carboxylic acids is 1. The molecule has 29 heavy (non-hydrogen) atoms. The number of methoxy groups -OCH3 is 1. The minimum atomic E-state index is -0.477. The van der Waals surface area contributed by atoms with Crippen molar-refractivity contribution in [1.82, 2.24) is 15.1 Å². The van der Waals surface area contributed by atoms with Crippen LogP contribution in [0.15, 0.2) is 71.5 Å². The molecule has 0 atom stereocenters. The Bertz CT molecular complexity index is 1160. The standard InChI is InChI=1S/C21H15ClN4O3/c1-28-14-8-6-13(7-9-14)17-11-20(24-12-23-17)25-21(27)19-10-18(26-29-19)15-4-2-3-5-16(15)22/h2-12H,1H3,(H,23,24,25,27). The number of carbonyl (C=O) groups is 1. The highest BCUT2D eigenvalue weighted by Gasteiger charge is 2.16. The Morgan fingerprint density at radius 2 is 1.83 bits per heavy atom. The van der Waals surface area contributed by atoms with Gasteiger partial charge < -0.3 is 14.6 Å². The summed E-state index contributed by atoms with van der Waals surface area (Å²) < 4.78 is 10.3. The van der Waals surface area contributed by atoms with Crippen molar-refractivity contribution < 1.29 is 14.1 Å². The van der Waals surface area contributed by atoms with Gasteiger partial charge in [-0.15, -0.1) is 0 Å². The molecule has 144 valence electrons. The van der Waals surface area contributed by atoms with Crippen LogP contribution >= 0.6 is 11.6 Å². The zero-order valence-electron chi connectivity index (χ0n) is 15.3. The van der Waals surface area contributed by atoms with Crippen LogP contribution < -0.4 is 10.1 Å². The highest BCUT2D eigenvalue weighted by Crippen LogP contribution is 2.27. The van der Waals surface area contributed by atoms with Crippen molar-refractivity contribution in [3.63, 3.8) is 0 Å². The Balaban J connectivity index is 1.52. The van der Waals surface area contributed by atoms with Crippen LogP contribution in [-0.4, -0.2) is 28.1 Å². The van der Waals surface area contributed by atoms with Gasteiger partial charge in [0.1, 0.15) is 23.6 Å². The van der Waals surface area contributed by atoms with Crippen molar-refractivity contribution in [2.24, 2.45) is 0 Å². The normalized spacial score (nSPS) is 10.6. The fourth-order valence-corrected chi connectivity index (χ4v) is 2.93. The number of anilines is 1. The van der Waals surface area contributed by atoms with Crippen molar-refractivity contribution in [2.45, 2.75) is 0 Å². The van der Waals surface area contributed by atoms with E-state index >= 15 is 0 Å². The molecule has 4 aromatic rings. The Kier molecular flexibility index (Phi) is 5.22. The smallest absolute Gasteiger partial charge is 0.295 e. The summed E-state index contributed by atoms with van der Waals surface area (Å²) in [5, 5.41) is 7.14. The second-order valence-electron chi connectivity index (χ2n) is 6.03. The first kappa shape index (κ1) is 18.6. The van der Waals surface area contributed by atoms with E-state index < -0.39 is 5.91 Å². The molecule has 0 saturated heterocycles. The molecule has 0 bridgehead atoms. The minimum Gasteiger partial charge on any atom is -0.497 e. The van der Waals surface area contributed by atoms with E-state index in [1.165, 1.54) is 12.4 Å². The fraction of sp³-hybridized carbons (Fsp3) is 0.0476. The predicted octanol–water partition coefficient (Wildman–Crippen LogP) is 4.71. The van der Waals surface area contributed by atoms with Crippen LogP contribution in [0.4, 0.5) is 5.82 Å². The highest BCUT2D eigenvalue weighted by atomic mass is 35.5. The van der Waals surface area contributed by atoms with E-state index in [2.05, 4.69) is 20.4 Å². The van der Waals surface area contributed by atoms with E-state index in [1.807, 2.05) is 36.4 Å². The minimum absolute atomic E-state index is 0.0459. The first-order valence-corrected chi connectivity index (χ1v) is 9.01. The Hall–Kier alpha value is -3.71. The number of nitrogens with zero attached hydrogens (tertiary/aromatic N) is 3. The van der Waals surface area contributed by atoms with Crippen molar-refractivity contribution in [3.8, 4) is 28.3 Å². The molecule has 0 aliphatic heterocycles. The molecule has 0 fully saturated rings. The van der Waals surface area contributed by atoms with Gasteiger partial charge in [-0.2, -0.15) is 0 Å². The van der Waals surface area contributed by atoms with Gasteiger partial charge >= 0.3 is 0 Å². The Morgan fingerprint density at radius 1 is 1.03 bits per heavy atom. The molecule has 1 amide bonds. The number of ether oxygens (including phenoxy) is 1. The topological polar surface area (TPSA) is 90.1 Å². The quantitative estimate of drug-likeness (QED) is 0.516. The van der Waals surface area contributed by atoms with E-state index in [1.54, 1.807) is 25.3 Å². The molecule has 0 radical (unpaired) electrons. The van der Waals surface area contributed by atoms with Gasteiger partial charge in [0.2, 0.25) is 5.76 Å². The summed E-state index contributed by atoms with van der Waals surface area (Å²) in [6.45, 7) is 0. The summed E-state index contributed by atoms with van der Waals surface area (Å²) in [5.74, 6) is 0.655. The van der Waals surface area contributed by atoms with Gasteiger partial charge in [-0.25, -0.2) is 9.97 Å². The zero-order chi connectivity index (χ0) is 20.2. The van der Waals surface area contributed by atoms with Gasteiger partial charge in [0.15, 0.2) is 0 Å². The molecule has 0 saturated carbocycles. The first-order valence-electron chi connectivity index (χ1n) is 8.63. The molecule has 2 aromatic carbocycles. The van der Waals surface area contributed by atoms with Crippen molar-refractivity contribution in [3.05, 3.63) is 77.8 Å². The van der Waals surface area contributed by atoms with Gasteiger partial charge in [0.05, 0.1) is 17.8 Å². The van der Waals surface area contributed by atoms with Crippen LogP contribution in [-0.2, 0) is 0 Å². The van der Waals surface area contributed by atoms with Crippen LogP contribution in [0.2, 0.25) is 5.02 Å². The Labute approximate surface area is 171 Å². The average molecular weight is 407 g/mol. The number of nitrogens with one attached hydrogen (secondary N) is 1. The van der Waals surface area contributed by atoms with Gasteiger partial charge in [0.25, 0.3) is 5.91 Å². The monoisotopic (exact) mass is 406 g/mol. The molecule has 2 heterocycles. The highest BCUT2D eigenvalue weighted by molar-refractivity contribution is 6.33. The van der Waals surface area contributed by atoms with E-state index in [4.69, 9.17) is 20.9 Å². The summed E-state index contributed by atoms with van der Waals surface area (Å²) in [5.41, 5.74) is 2.68. The van der Waals surface area contributed by atoms with E-state index in [9.17, 15) is 4.79 Å². The molecule has 4 rings (SSSR count). The lowest BCUT2D eigenvalue weighted by molar-refractivity contribution is 0.0987. The number of rotatable bonds is 5. The number of aromatic nitrogens is 3. The van der Waals surface area contributed by atoms with Crippen LogP contribution in [0.25, 0.3) is 22.5 Å². The first-order chi connectivity index (χ1) is 14.1. The zero-order valence-corrected chi connectivity index (χ0v) is 16.1. The van der Waals surface area contributed by atoms with E-state index in [0.717, 1.165) is 11.3 Å². The molecule has 1 N–H and O–H groups in total. The van der Waals surface area contributed by atoms with Gasteiger partial charge in [-0.3, -0.25) is 4.79 Å². The van der Waals surface area contributed by atoms with Crippen molar-refractivity contribution in [1.29, 1.82) is 0 Å². The molecule has 0 aliphatic carbocycles. The van der Waals surface area contributed by atoms with E-state index in [-0.39, 0.29) is 5.76 Å². The second kappa shape index (κ2) is 8.12. The Morgan fingerprint density at radius 3 is 2.59 bits per heavy atom. The molecule has 0 unspecified atom stereocenters. The molecule has 7 nitrogen and oxygen atoms in total. The predicted molar refractivity (Wildman–Crippen MR) is 109 cm³/mol. The van der Waals surface area contributed by atoms with Gasteiger partial charge in [0, 0.05) is 23.3 Å². The molecular formula is C21H15ClN4O3. The van der Waals surface area contributed by atoms with Crippen molar-refractivity contribution >= 4 is 23.3 Å². The lowest BCUT2D eigenvalue weighted by Crippen LogP contribution is -2.12. The van der Waals surface area contributed by atoms with Crippen molar-refractivity contribution in [2.75, 3.05) is 12.4 Å². The van der Waals surface area contributed by atoms with Crippen LogP contribution in [0.1, 0.15) is 10.6 Å². The second-order valence-corrected chi connectivity index (χ2v) is 6.43. The largest absolute Gasteiger partial charge is 0.497 e. The molecule has 2 aromatic heterocycles. The van der Waals surface area contributed by atoms with Crippen LogP contribution in [0.3, 0.4) is 0 Å². The summed E-state index contributed by atoms with van der Waals surface area (Å²) in [4.78, 5) is 20.9. The summed E-state index contributed by atoms with van der Waals surface area (Å²) in [6, 6.07) is 17.8. The third kappa shape index (κ3) is 4.09. The third-order valence-corrected chi connectivity index (χ3v) is 4.51. The SMILES string of the molecule is COc1ccc(-c2cc(NC(=O)c3cc(-c4ccccc4Cl)no3)ncn2)cc1. The number of halogens is 1. The summed E-state index contributed by atoms with van der Waals surface area (Å²) >= 11 is 6.17. The third-order valence-electron chi connectivity index (χ3n) is 4.18. The summed E-state index contributed by atoms with van der Waals surface area (Å²) in [6.07, 6.45) is 1.38. The number of amides is 1. The maximum Gasteiger partial charge on any atom is 0.295 e. The maximum absolute atomic E-state index is 12.5. The molecule has 0 aliphatic rings. The van der Waals surface area contributed by atoms with E-state index in [0.29, 0.717) is 27.8 Å². The average Bonchev–Trinajstić information content (AvgIpc) is 3.24. The number of hydrogen-bond acceptors (Lipinski definition) is 6. The van der Waals surface area contributed by atoms with Gasteiger partial charge in [-0.05, 0) is 30.3 Å². The molecule has 0 spiro atoms. The maximum atomic E-state index is 12.5. The molecule has 8 heteroatoms. The van der Waals surface area contributed by atoms with Crippen LogP contribution in [0, 0.1) is 0 Å².